The van der Waals surface area contributed by atoms with Crippen LogP contribution in [0.5, 0.6) is 0 Å². The number of hydrogen-bond donors (Lipinski definition) is 1. The molecule has 24 heavy (non-hydrogen) atoms. The van der Waals surface area contributed by atoms with Gasteiger partial charge in [-0.05, 0) is 57.0 Å². The van der Waals surface area contributed by atoms with E-state index in [1.165, 1.54) is 36.0 Å². The van der Waals surface area contributed by atoms with Gasteiger partial charge in [0.1, 0.15) is 5.52 Å². The summed E-state index contributed by atoms with van der Waals surface area (Å²) in [6.07, 6.45) is 4.23. The zero-order valence-electron chi connectivity index (χ0n) is 14.0. The van der Waals surface area contributed by atoms with Gasteiger partial charge in [0.25, 0.3) is 0 Å². The van der Waals surface area contributed by atoms with Gasteiger partial charge in [0.05, 0.1) is 11.9 Å². The highest BCUT2D eigenvalue weighted by molar-refractivity contribution is 5.82. The summed E-state index contributed by atoms with van der Waals surface area (Å²) in [5.74, 6) is 0. The highest BCUT2D eigenvalue weighted by Gasteiger charge is 2.20. The first-order chi connectivity index (χ1) is 11.6. The lowest BCUT2D eigenvalue weighted by atomic mass is 9.99. The standard InChI is InChI=1S/C18H21N5O/c1-12-17(16-11-19-20-18(24)23(16)21-12)15-7-5-6-14(10-15)13(2)22-8-3-4-9-22/h5-7,10-11,13H,3-4,8-9H2,1-2H3,(H,20,24). The van der Waals surface area contributed by atoms with Crippen molar-refractivity contribution in [2.75, 3.05) is 13.1 Å². The first kappa shape index (κ1) is 15.1. The maximum Gasteiger partial charge on any atom is 0.363 e. The maximum absolute atomic E-state index is 11.9. The third-order valence-corrected chi connectivity index (χ3v) is 4.98. The molecule has 3 heterocycles. The van der Waals surface area contributed by atoms with Crippen LogP contribution in [0.3, 0.4) is 0 Å². The molecule has 0 aliphatic carbocycles. The van der Waals surface area contributed by atoms with Gasteiger partial charge < -0.3 is 0 Å². The summed E-state index contributed by atoms with van der Waals surface area (Å²) in [6, 6.07) is 8.95. The van der Waals surface area contributed by atoms with E-state index < -0.39 is 0 Å². The fraction of sp³-hybridized carbons (Fsp3) is 0.389. The lowest BCUT2D eigenvalue weighted by molar-refractivity contribution is 0.263. The van der Waals surface area contributed by atoms with E-state index in [9.17, 15) is 4.79 Å². The van der Waals surface area contributed by atoms with Crippen molar-refractivity contribution in [3.63, 3.8) is 0 Å². The van der Waals surface area contributed by atoms with Crippen LogP contribution in [0, 0.1) is 6.92 Å². The molecule has 0 bridgehead atoms. The summed E-state index contributed by atoms with van der Waals surface area (Å²) in [6.45, 7) is 6.53. The first-order valence-corrected chi connectivity index (χ1v) is 8.42. The fourth-order valence-electron chi connectivity index (χ4n) is 3.67. The van der Waals surface area contributed by atoms with Crippen LogP contribution in [-0.2, 0) is 0 Å². The Hall–Kier alpha value is -2.47. The number of aromatic amines is 1. The molecule has 1 aromatic carbocycles. The van der Waals surface area contributed by atoms with Crippen LogP contribution in [0.1, 0.15) is 37.1 Å². The number of nitrogens with one attached hydrogen (secondary N) is 1. The normalized spacial score (nSPS) is 16.8. The van der Waals surface area contributed by atoms with Gasteiger partial charge in [-0.1, -0.05) is 18.2 Å². The number of aromatic nitrogens is 4. The van der Waals surface area contributed by atoms with E-state index in [-0.39, 0.29) is 5.69 Å². The van der Waals surface area contributed by atoms with Crippen molar-refractivity contribution in [1.82, 2.24) is 24.7 Å². The number of benzene rings is 1. The lowest BCUT2D eigenvalue weighted by Crippen LogP contribution is -2.23. The SMILES string of the molecule is Cc1nn2c(=O)[nH]ncc2c1-c1cccc(C(C)N2CCCC2)c1. The van der Waals surface area contributed by atoms with Crippen LogP contribution in [0.15, 0.2) is 35.3 Å². The minimum Gasteiger partial charge on any atom is -0.297 e. The van der Waals surface area contributed by atoms with Gasteiger partial charge in [0.15, 0.2) is 0 Å². The molecule has 0 radical (unpaired) electrons. The van der Waals surface area contributed by atoms with Gasteiger partial charge in [-0.15, -0.1) is 0 Å². The van der Waals surface area contributed by atoms with Crippen molar-refractivity contribution in [2.45, 2.75) is 32.7 Å². The molecule has 2 aromatic heterocycles. The zero-order chi connectivity index (χ0) is 16.7. The number of rotatable bonds is 3. The molecule has 1 saturated heterocycles. The summed E-state index contributed by atoms with van der Waals surface area (Å²) in [5, 5.41) is 10.7. The van der Waals surface area contributed by atoms with Crippen molar-refractivity contribution < 1.29 is 0 Å². The molecule has 4 rings (SSSR count). The summed E-state index contributed by atoms with van der Waals surface area (Å²) in [4.78, 5) is 14.4. The first-order valence-electron chi connectivity index (χ1n) is 8.42. The second kappa shape index (κ2) is 5.87. The van der Waals surface area contributed by atoms with Crippen LogP contribution in [0.4, 0.5) is 0 Å². The predicted molar refractivity (Wildman–Crippen MR) is 93.0 cm³/mol. The van der Waals surface area contributed by atoms with Crippen molar-refractivity contribution in [2.24, 2.45) is 0 Å². The third kappa shape index (κ3) is 2.43. The molecule has 1 aliphatic rings. The van der Waals surface area contributed by atoms with E-state index in [0.29, 0.717) is 6.04 Å². The van der Waals surface area contributed by atoms with E-state index >= 15 is 0 Å². The molecule has 6 heteroatoms. The van der Waals surface area contributed by atoms with Gasteiger partial charge in [0, 0.05) is 11.6 Å². The largest absolute Gasteiger partial charge is 0.363 e. The quantitative estimate of drug-likeness (QED) is 0.804. The molecule has 1 aliphatic heterocycles. The highest BCUT2D eigenvalue weighted by atomic mass is 16.1. The second-order valence-electron chi connectivity index (χ2n) is 6.48. The highest BCUT2D eigenvalue weighted by Crippen LogP contribution is 2.31. The monoisotopic (exact) mass is 323 g/mol. The molecule has 3 aromatic rings. The van der Waals surface area contributed by atoms with E-state index in [1.54, 1.807) is 6.20 Å². The Labute approximate surface area is 140 Å². The van der Waals surface area contributed by atoms with E-state index in [4.69, 9.17) is 0 Å². The molecule has 0 amide bonds. The number of hydrogen-bond acceptors (Lipinski definition) is 4. The van der Waals surface area contributed by atoms with Crippen LogP contribution in [0.25, 0.3) is 16.6 Å². The number of aryl methyl sites for hydroxylation is 1. The van der Waals surface area contributed by atoms with Crippen LogP contribution >= 0.6 is 0 Å². The topological polar surface area (TPSA) is 66.3 Å². The molecule has 1 N–H and O–H groups in total. The molecule has 6 nitrogen and oxygen atoms in total. The predicted octanol–water partition coefficient (Wildman–Crippen LogP) is 2.55. The Bertz CT molecular complexity index is 936. The lowest BCUT2D eigenvalue weighted by Gasteiger charge is -2.24. The summed E-state index contributed by atoms with van der Waals surface area (Å²) in [7, 11) is 0. The van der Waals surface area contributed by atoms with E-state index in [0.717, 1.165) is 22.3 Å². The van der Waals surface area contributed by atoms with Crippen molar-refractivity contribution >= 4 is 5.52 Å². The summed E-state index contributed by atoms with van der Waals surface area (Å²) >= 11 is 0. The molecule has 1 fully saturated rings. The van der Waals surface area contributed by atoms with E-state index in [1.807, 2.05) is 6.92 Å². The van der Waals surface area contributed by atoms with Gasteiger partial charge in [-0.25, -0.2) is 9.89 Å². The van der Waals surface area contributed by atoms with Crippen LogP contribution in [-0.4, -0.2) is 37.8 Å². The van der Waals surface area contributed by atoms with Crippen LogP contribution in [0.2, 0.25) is 0 Å². The average Bonchev–Trinajstić information content (AvgIpc) is 3.22. The number of likely N-dealkylation sites (tertiary alicyclic amines) is 1. The number of nitrogens with zero attached hydrogens (tertiary/aromatic N) is 4. The second-order valence-corrected chi connectivity index (χ2v) is 6.48. The zero-order valence-corrected chi connectivity index (χ0v) is 14.0. The van der Waals surface area contributed by atoms with Crippen molar-refractivity contribution in [1.29, 1.82) is 0 Å². The number of H-pyrrole nitrogens is 1. The minimum atomic E-state index is -0.316. The maximum atomic E-state index is 11.9. The smallest absolute Gasteiger partial charge is 0.297 e. The minimum absolute atomic E-state index is 0.316. The molecule has 1 atom stereocenters. The molecule has 124 valence electrons. The summed E-state index contributed by atoms with van der Waals surface area (Å²) in [5.41, 5.74) is 4.61. The fourth-order valence-corrected chi connectivity index (χ4v) is 3.67. The van der Waals surface area contributed by atoms with Crippen molar-refractivity contribution in [3.05, 3.63) is 52.2 Å². The molecular formula is C18H21N5O. The molecule has 0 saturated carbocycles. The Morgan fingerprint density at radius 2 is 2.04 bits per heavy atom. The molecule has 0 spiro atoms. The van der Waals surface area contributed by atoms with Gasteiger partial charge in [0.2, 0.25) is 0 Å². The average molecular weight is 323 g/mol. The van der Waals surface area contributed by atoms with Gasteiger partial charge in [-0.2, -0.15) is 14.7 Å². The van der Waals surface area contributed by atoms with E-state index in [2.05, 4.69) is 51.4 Å². The van der Waals surface area contributed by atoms with Gasteiger partial charge >= 0.3 is 5.69 Å². The Morgan fingerprint density at radius 3 is 2.83 bits per heavy atom. The Morgan fingerprint density at radius 1 is 1.25 bits per heavy atom. The summed E-state index contributed by atoms with van der Waals surface area (Å²) < 4.78 is 1.38. The Balaban J connectivity index is 1.80. The Kier molecular flexibility index (Phi) is 3.69. The number of fused-ring (bicyclic) bond motifs is 1. The molecular weight excluding hydrogens is 302 g/mol. The van der Waals surface area contributed by atoms with Crippen LogP contribution < -0.4 is 5.69 Å². The van der Waals surface area contributed by atoms with Crippen molar-refractivity contribution in [3.8, 4) is 11.1 Å². The molecule has 1 unspecified atom stereocenters. The van der Waals surface area contributed by atoms with Gasteiger partial charge in [-0.3, -0.25) is 4.90 Å². The third-order valence-electron chi connectivity index (χ3n) is 4.98.